The fraction of sp³-hybridized carbons (Fsp3) is 0.0714. The van der Waals surface area contributed by atoms with Gasteiger partial charge in [-0.15, -0.1) is 0 Å². The Hall–Kier alpha value is -1.71. The molecule has 0 unspecified atom stereocenters. The third-order valence-electron chi connectivity index (χ3n) is 2.55. The second-order valence-electron chi connectivity index (χ2n) is 4.01. The second-order valence-corrected chi connectivity index (χ2v) is 4.89. The molecule has 0 aliphatic rings. The lowest BCUT2D eigenvalue weighted by Crippen LogP contribution is -2.01. The van der Waals surface area contributed by atoms with Crippen molar-refractivity contribution in [2.75, 3.05) is 5.32 Å². The Balaban J connectivity index is 2.03. The topological polar surface area (TPSA) is 49.3 Å². The molecule has 0 saturated carbocycles. The zero-order valence-corrected chi connectivity index (χ0v) is 11.4. The van der Waals surface area contributed by atoms with Crippen molar-refractivity contribution >= 4 is 34.9 Å². The normalized spacial score (nSPS) is 10.2. The van der Waals surface area contributed by atoms with E-state index in [1.54, 1.807) is 30.3 Å². The van der Waals surface area contributed by atoms with Gasteiger partial charge in [0.2, 0.25) is 0 Å². The minimum Gasteiger partial charge on any atom is -0.478 e. The molecule has 0 radical (unpaired) electrons. The lowest BCUT2D eigenvalue weighted by Gasteiger charge is -2.07. The van der Waals surface area contributed by atoms with Crippen LogP contribution in [0.25, 0.3) is 0 Å². The number of rotatable bonds is 4. The van der Waals surface area contributed by atoms with Crippen LogP contribution in [0.15, 0.2) is 42.5 Å². The Morgan fingerprint density at radius 2 is 1.63 bits per heavy atom. The van der Waals surface area contributed by atoms with Gasteiger partial charge >= 0.3 is 5.97 Å². The molecule has 2 aromatic rings. The first-order chi connectivity index (χ1) is 9.04. The third-order valence-corrected chi connectivity index (χ3v) is 2.99. The predicted molar refractivity (Wildman–Crippen MR) is 77.2 cm³/mol. The molecular weight excluding hydrogens is 285 g/mol. The van der Waals surface area contributed by atoms with Crippen LogP contribution < -0.4 is 5.32 Å². The van der Waals surface area contributed by atoms with Crippen molar-refractivity contribution in [3.63, 3.8) is 0 Å². The summed E-state index contributed by atoms with van der Waals surface area (Å²) in [6.07, 6.45) is 0. The second kappa shape index (κ2) is 5.95. The Labute approximate surface area is 120 Å². The molecule has 0 aromatic heterocycles. The number of carboxylic acids is 1. The molecule has 2 rings (SSSR count). The molecule has 0 aliphatic heterocycles. The van der Waals surface area contributed by atoms with Gasteiger partial charge in [-0.25, -0.2) is 4.79 Å². The van der Waals surface area contributed by atoms with E-state index in [1.807, 2.05) is 12.1 Å². The number of aromatic carboxylic acids is 1. The quantitative estimate of drug-likeness (QED) is 0.884. The van der Waals surface area contributed by atoms with Crippen molar-refractivity contribution in [2.24, 2.45) is 0 Å². The summed E-state index contributed by atoms with van der Waals surface area (Å²) in [5.41, 5.74) is 2.05. The van der Waals surface area contributed by atoms with Crippen LogP contribution in [0, 0.1) is 0 Å². The monoisotopic (exact) mass is 295 g/mol. The Bertz CT molecular complexity index is 577. The largest absolute Gasteiger partial charge is 0.478 e. The summed E-state index contributed by atoms with van der Waals surface area (Å²) in [5, 5.41) is 13.1. The fourth-order valence-corrected chi connectivity index (χ4v) is 2.22. The molecule has 3 nitrogen and oxygen atoms in total. The SMILES string of the molecule is O=C(O)c1ccc(NCc2cc(Cl)cc(Cl)c2)cc1. The van der Waals surface area contributed by atoms with Gasteiger partial charge in [-0.2, -0.15) is 0 Å². The van der Waals surface area contributed by atoms with Crippen molar-refractivity contribution in [1.82, 2.24) is 0 Å². The van der Waals surface area contributed by atoms with Crippen molar-refractivity contribution in [3.8, 4) is 0 Å². The van der Waals surface area contributed by atoms with Gasteiger partial charge in [0, 0.05) is 22.3 Å². The lowest BCUT2D eigenvalue weighted by atomic mass is 10.2. The number of halogens is 2. The summed E-state index contributed by atoms with van der Waals surface area (Å²) in [6, 6.07) is 11.9. The lowest BCUT2D eigenvalue weighted by molar-refractivity contribution is 0.0697. The predicted octanol–water partition coefficient (Wildman–Crippen LogP) is 4.30. The summed E-state index contributed by atoms with van der Waals surface area (Å²) in [6.45, 7) is 0.562. The first-order valence-corrected chi connectivity index (χ1v) is 6.32. The van der Waals surface area contributed by atoms with Gasteiger partial charge in [0.25, 0.3) is 0 Å². The van der Waals surface area contributed by atoms with Gasteiger partial charge in [0.15, 0.2) is 0 Å². The van der Waals surface area contributed by atoms with E-state index in [4.69, 9.17) is 28.3 Å². The van der Waals surface area contributed by atoms with E-state index in [1.165, 1.54) is 0 Å². The average molecular weight is 296 g/mol. The van der Waals surface area contributed by atoms with E-state index >= 15 is 0 Å². The molecule has 0 atom stereocenters. The third kappa shape index (κ3) is 3.88. The molecule has 2 N–H and O–H groups in total. The van der Waals surface area contributed by atoms with E-state index in [-0.39, 0.29) is 5.56 Å². The van der Waals surface area contributed by atoms with Crippen LogP contribution in [0.5, 0.6) is 0 Å². The summed E-state index contributed by atoms with van der Waals surface area (Å²) < 4.78 is 0. The number of carboxylic acid groups (broad SMARTS) is 1. The van der Waals surface area contributed by atoms with E-state index in [2.05, 4.69) is 5.32 Å². The maximum absolute atomic E-state index is 10.7. The molecule has 19 heavy (non-hydrogen) atoms. The highest BCUT2D eigenvalue weighted by Gasteiger charge is 2.02. The molecular formula is C14H11Cl2NO2. The first-order valence-electron chi connectivity index (χ1n) is 5.57. The molecule has 0 spiro atoms. The minimum absolute atomic E-state index is 0.261. The number of carbonyl (C=O) groups is 1. The maximum Gasteiger partial charge on any atom is 0.335 e. The fourth-order valence-electron chi connectivity index (χ4n) is 1.65. The summed E-state index contributed by atoms with van der Waals surface area (Å²) in [5.74, 6) is -0.937. The minimum atomic E-state index is -0.937. The van der Waals surface area contributed by atoms with Gasteiger partial charge in [-0.1, -0.05) is 23.2 Å². The van der Waals surface area contributed by atoms with E-state index in [0.717, 1.165) is 11.3 Å². The van der Waals surface area contributed by atoms with Gasteiger partial charge in [-0.05, 0) is 48.0 Å². The van der Waals surface area contributed by atoms with Crippen molar-refractivity contribution in [2.45, 2.75) is 6.54 Å². The van der Waals surface area contributed by atoms with Crippen LogP contribution in [0.3, 0.4) is 0 Å². The molecule has 0 fully saturated rings. The number of nitrogens with one attached hydrogen (secondary N) is 1. The van der Waals surface area contributed by atoms with Gasteiger partial charge < -0.3 is 10.4 Å². The van der Waals surface area contributed by atoms with Crippen molar-refractivity contribution in [3.05, 3.63) is 63.6 Å². The van der Waals surface area contributed by atoms with Crippen molar-refractivity contribution in [1.29, 1.82) is 0 Å². The van der Waals surface area contributed by atoms with Gasteiger partial charge in [-0.3, -0.25) is 0 Å². The molecule has 5 heteroatoms. The number of benzene rings is 2. The smallest absolute Gasteiger partial charge is 0.335 e. The van der Waals surface area contributed by atoms with E-state index in [0.29, 0.717) is 16.6 Å². The van der Waals surface area contributed by atoms with Crippen LogP contribution in [0.4, 0.5) is 5.69 Å². The highest BCUT2D eigenvalue weighted by Crippen LogP contribution is 2.20. The summed E-state index contributed by atoms with van der Waals surface area (Å²) >= 11 is 11.8. The molecule has 0 bridgehead atoms. The van der Waals surface area contributed by atoms with Gasteiger partial charge in [0.05, 0.1) is 5.56 Å². The molecule has 0 aliphatic carbocycles. The van der Waals surface area contributed by atoms with Crippen molar-refractivity contribution < 1.29 is 9.90 Å². The number of anilines is 1. The molecule has 0 amide bonds. The zero-order valence-electron chi connectivity index (χ0n) is 9.86. The average Bonchev–Trinajstić information content (AvgIpc) is 2.36. The first kappa shape index (κ1) is 13.7. The Kier molecular flexibility index (Phi) is 4.30. The van der Waals surface area contributed by atoms with Crippen LogP contribution in [0.2, 0.25) is 10.0 Å². The standard InChI is InChI=1S/C14H11Cl2NO2/c15-11-5-9(6-12(16)7-11)8-17-13-3-1-10(2-4-13)14(18)19/h1-7,17H,8H2,(H,18,19). The van der Waals surface area contributed by atoms with E-state index in [9.17, 15) is 4.79 Å². The zero-order chi connectivity index (χ0) is 13.8. The van der Waals surface area contributed by atoms with Crippen LogP contribution in [0.1, 0.15) is 15.9 Å². The summed E-state index contributed by atoms with van der Waals surface area (Å²) in [7, 11) is 0. The highest BCUT2D eigenvalue weighted by molar-refractivity contribution is 6.34. The highest BCUT2D eigenvalue weighted by atomic mass is 35.5. The summed E-state index contributed by atoms with van der Waals surface area (Å²) in [4.78, 5) is 10.7. The Morgan fingerprint density at radius 3 is 2.16 bits per heavy atom. The molecule has 2 aromatic carbocycles. The Morgan fingerprint density at radius 1 is 1.05 bits per heavy atom. The van der Waals surface area contributed by atoms with Gasteiger partial charge in [0.1, 0.15) is 0 Å². The number of hydrogen-bond acceptors (Lipinski definition) is 2. The van der Waals surface area contributed by atoms with E-state index < -0.39 is 5.97 Å². The molecule has 0 saturated heterocycles. The van der Waals surface area contributed by atoms with Crippen LogP contribution >= 0.6 is 23.2 Å². The number of hydrogen-bond donors (Lipinski definition) is 2. The molecule has 0 heterocycles. The van der Waals surface area contributed by atoms with Crippen LogP contribution in [-0.4, -0.2) is 11.1 Å². The van der Waals surface area contributed by atoms with Crippen LogP contribution in [-0.2, 0) is 6.54 Å². The maximum atomic E-state index is 10.7. The molecule has 98 valence electrons.